The Balaban J connectivity index is 3.04. The maximum Gasteiger partial charge on any atom is 0.158 e. The van der Waals surface area contributed by atoms with Crippen molar-refractivity contribution >= 4 is 0 Å². The normalized spacial score (nSPS) is 25.1. The molecule has 0 fully saturated rings. The SMILES string of the molecule is CC1=CC(F)=C(F)C=C[C@H]1C. The monoisotopic (exact) mass is 156 g/mol. The van der Waals surface area contributed by atoms with Crippen molar-refractivity contribution in [3.8, 4) is 0 Å². The van der Waals surface area contributed by atoms with Crippen molar-refractivity contribution in [3.63, 3.8) is 0 Å². The maximum atomic E-state index is 12.6. The summed E-state index contributed by atoms with van der Waals surface area (Å²) < 4.78 is 25.2. The molecule has 0 bridgehead atoms. The molecule has 0 nitrogen and oxygen atoms in total. The van der Waals surface area contributed by atoms with Gasteiger partial charge in [-0.3, -0.25) is 0 Å². The Morgan fingerprint density at radius 3 is 2.55 bits per heavy atom. The van der Waals surface area contributed by atoms with Gasteiger partial charge in [0, 0.05) is 0 Å². The molecule has 60 valence electrons. The van der Waals surface area contributed by atoms with Crippen LogP contribution in [0.4, 0.5) is 8.78 Å². The third-order valence-electron chi connectivity index (χ3n) is 1.83. The van der Waals surface area contributed by atoms with Crippen LogP contribution in [0.2, 0.25) is 0 Å². The minimum Gasteiger partial charge on any atom is -0.204 e. The van der Waals surface area contributed by atoms with Gasteiger partial charge in [-0.15, -0.1) is 0 Å². The van der Waals surface area contributed by atoms with E-state index in [0.717, 1.165) is 5.57 Å². The number of hydrogen-bond donors (Lipinski definition) is 0. The van der Waals surface area contributed by atoms with Gasteiger partial charge in [-0.2, -0.15) is 0 Å². The molecule has 1 aliphatic rings. The van der Waals surface area contributed by atoms with Gasteiger partial charge in [-0.1, -0.05) is 18.6 Å². The fourth-order valence-electron chi connectivity index (χ4n) is 0.860. The molecule has 0 saturated carbocycles. The second kappa shape index (κ2) is 2.99. The van der Waals surface area contributed by atoms with Gasteiger partial charge in [-0.25, -0.2) is 8.78 Å². The van der Waals surface area contributed by atoms with E-state index in [1.54, 1.807) is 13.0 Å². The largest absolute Gasteiger partial charge is 0.204 e. The molecule has 0 unspecified atom stereocenters. The van der Waals surface area contributed by atoms with E-state index in [1.165, 1.54) is 12.2 Å². The van der Waals surface area contributed by atoms with E-state index in [1.807, 2.05) is 6.92 Å². The summed E-state index contributed by atoms with van der Waals surface area (Å²) >= 11 is 0. The summed E-state index contributed by atoms with van der Waals surface area (Å²) in [4.78, 5) is 0. The first kappa shape index (κ1) is 8.18. The highest BCUT2D eigenvalue weighted by Gasteiger charge is 2.08. The number of halogens is 2. The van der Waals surface area contributed by atoms with Gasteiger partial charge in [-0.05, 0) is 25.0 Å². The third kappa shape index (κ3) is 1.76. The van der Waals surface area contributed by atoms with E-state index in [0.29, 0.717) is 0 Å². The topological polar surface area (TPSA) is 0 Å². The lowest BCUT2D eigenvalue weighted by Crippen LogP contribution is -1.88. The predicted octanol–water partition coefficient (Wildman–Crippen LogP) is 3.29. The van der Waals surface area contributed by atoms with Crippen LogP contribution in [0.5, 0.6) is 0 Å². The summed E-state index contributed by atoms with van der Waals surface area (Å²) in [5.74, 6) is -1.44. The van der Waals surface area contributed by atoms with Crippen LogP contribution in [0, 0.1) is 5.92 Å². The van der Waals surface area contributed by atoms with Gasteiger partial charge in [0.15, 0.2) is 11.7 Å². The average molecular weight is 156 g/mol. The summed E-state index contributed by atoms with van der Waals surface area (Å²) in [5, 5.41) is 0. The van der Waals surface area contributed by atoms with Crippen LogP contribution in [0.1, 0.15) is 13.8 Å². The molecule has 1 rings (SSSR count). The van der Waals surface area contributed by atoms with Crippen LogP contribution in [0.15, 0.2) is 35.5 Å². The zero-order chi connectivity index (χ0) is 8.43. The molecule has 0 radical (unpaired) electrons. The summed E-state index contributed by atoms with van der Waals surface area (Å²) in [5.41, 5.74) is 0.839. The summed E-state index contributed by atoms with van der Waals surface area (Å²) in [6.07, 6.45) is 4.06. The van der Waals surface area contributed by atoms with E-state index in [2.05, 4.69) is 0 Å². The molecule has 1 aliphatic carbocycles. The van der Waals surface area contributed by atoms with Gasteiger partial charge in [0.2, 0.25) is 0 Å². The minimum atomic E-state index is -0.784. The Hall–Kier alpha value is -0.920. The first-order valence-electron chi connectivity index (χ1n) is 3.53. The smallest absolute Gasteiger partial charge is 0.158 e. The molecular formula is C9H10F2. The highest BCUT2D eigenvalue weighted by molar-refractivity contribution is 5.32. The summed E-state index contributed by atoms with van der Waals surface area (Å²) in [6.45, 7) is 3.68. The van der Waals surface area contributed by atoms with Crippen molar-refractivity contribution in [2.75, 3.05) is 0 Å². The highest BCUT2D eigenvalue weighted by Crippen LogP contribution is 2.22. The lowest BCUT2D eigenvalue weighted by atomic mass is 10.0. The van der Waals surface area contributed by atoms with Gasteiger partial charge in [0.05, 0.1) is 0 Å². The van der Waals surface area contributed by atoms with E-state index < -0.39 is 11.7 Å². The highest BCUT2D eigenvalue weighted by atomic mass is 19.2. The molecule has 2 heteroatoms. The maximum absolute atomic E-state index is 12.6. The minimum absolute atomic E-state index is 0.119. The Bertz CT molecular complexity index is 246. The van der Waals surface area contributed by atoms with Crippen molar-refractivity contribution in [1.82, 2.24) is 0 Å². The van der Waals surface area contributed by atoms with Gasteiger partial charge in [0.1, 0.15) is 0 Å². The second-order valence-corrected chi connectivity index (χ2v) is 2.73. The van der Waals surface area contributed by atoms with Crippen LogP contribution in [0.3, 0.4) is 0 Å². The Morgan fingerprint density at radius 1 is 1.27 bits per heavy atom. The van der Waals surface area contributed by atoms with Crippen LogP contribution in [0.25, 0.3) is 0 Å². The van der Waals surface area contributed by atoms with E-state index in [-0.39, 0.29) is 5.92 Å². The Kier molecular flexibility index (Phi) is 2.22. The van der Waals surface area contributed by atoms with Crippen LogP contribution < -0.4 is 0 Å². The Morgan fingerprint density at radius 2 is 1.91 bits per heavy atom. The van der Waals surface area contributed by atoms with Crippen LogP contribution in [-0.2, 0) is 0 Å². The molecular weight excluding hydrogens is 146 g/mol. The van der Waals surface area contributed by atoms with Crippen LogP contribution in [-0.4, -0.2) is 0 Å². The molecule has 0 aromatic carbocycles. The Labute approximate surface area is 64.9 Å². The molecule has 11 heavy (non-hydrogen) atoms. The lowest BCUT2D eigenvalue weighted by molar-refractivity contribution is 0.573. The van der Waals surface area contributed by atoms with E-state index >= 15 is 0 Å². The number of rotatable bonds is 0. The van der Waals surface area contributed by atoms with Crippen molar-refractivity contribution in [3.05, 3.63) is 35.5 Å². The summed E-state index contributed by atoms with van der Waals surface area (Å²) in [7, 11) is 0. The average Bonchev–Trinajstić information content (AvgIpc) is 2.05. The summed E-state index contributed by atoms with van der Waals surface area (Å²) in [6, 6.07) is 0. The molecule has 0 aromatic rings. The van der Waals surface area contributed by atoms with E-state index in [4.69, 9.17) is 0 Å². The molecule has 0 N–H and O–H groups in total. The molecule has 0 saturated heterocycles. The lowest BCUT2D eigenvalue weighted by Gasteiger charge is -2.02. The standard InChI is InChI=1S/C9H10F2/c1-6-3-4-8(10)9(11)5-7(6)2/h3-6H,1-2H3/t6-/m1/s1. The van der Waals surface area contributed by atoms with Gasteiger partial charge in [0.25, 0.3) is 0 Å². The third-order valence-corrected chi connectivity index (χ3v) is 1.83. The second-order valence-electron chi connectivity index (χ2n) is 2.73. The zero-order valence-electron chi connectivity index (χ0n) is 6.57. The zero-order valence-corrected chi connectivity index (χ0v) is 6.57. The molecule has 0 heterocycles. The van der Waals surface area contributed by atoms with Gasteiger partial charge < -0.3 is 0 Å². The number of hydrogen-bond acceptors (Lipinski definition) is 0. The van der Waals surface area contributed by atoms with Crippen molar-refractivity contribution in [1.29, 1.82) is 0 Å². The fourth-order valence-corrected chi connectivity index (χ4v) is 0.860. The van der Waals surface area contributed by atoms with Crippen molar-refractivity contribution < 1.29 is 8.78 Å². The first-order valence-corrected chi connectivity index (χ1v) is 3.53. The molecule has 0 aromatic heterocycles. The van der Waals surface area contributed by atoms with Gasteiger partial charge >= 0.3 is 0 Å². The van der Waals surface area contributed by atoms with E-state index in [9.17, 15) is 8.78 Å². The molecule has 0 aliphatic heterocycles. The van der Waals surface area contributed by atoms with Crippen molar-refractivity contribution in [2.45, 2.75) is 13.8 Å². The predicted molar refractivity (Wildman–Crippen MR) is 41.3 cm³/mol. The van der Waals surface area contributed by atoms with Crippen molar-refractivity contribution in [2.24, 2.45) is 5.92 Å². The molecule has 0 amide bonds. The van der Waals surface area contributed by atoms with Crippen LogP contribution >= 0.6 is 0 Å². The fraction of sp³-hybridized carbons (Fsp3) is 0.333. The first-order chi connectivity index (χ1) is 5.11. The molecule has 1 atom stereocenters. The quantitative estimate of drug-likeness (QED) is 0.504. The number of allylic oxidation sites excluding steroid dienone is 6. The molecule has 0 spiro atoms.